The minimum Gasteiger partial charge on any atom is -0.465 e. The largest absolute Gasteiger partial charge is 0.465 e. The van der Waals surface area contributed by atoms with Gasteiger partial charge in [0, 0.05) is 11.8 Å². The smallest absolute Gasteiger partial charge is 0.418 e. The summed E-state index contributed by atoms with van der Waals surface area (Å²) in [4.78, 5) is 23.6. The fraction of sp³-hybridized carbons (Fsp3) is 0.294. The lowest BCUT2D eigenvalue weighted by Gasteiger charge is -2.20. The van der Waals surface area contributed by atoms with Crippen molar-refractivity contribution in [1.82, 2.24) is 4.57 Å². The third kappa shape index (κ3) is 3.61. The first-order chi connectivity index (χ1) is 11.1. The SMILES string of the molecule is COC(=O)c1cc(F)c(-c2cccn2C(=O)OC(C)(C)C)cc1F. The molecule has 0 amide bonds. The molecule has 0 aliphatic heterocycles. The van der Waals surface area contributed by atoms with Crippen molar-refractivity contribution >= 4 is 12.1 Å². The highest BCUT2D eigenvalue weighted by Crippen LogP contribution is 2.27. The van der Waals surface area contributed by atoms with Crippen molar-refractivity contribution in [2.45, 2.75) is 26.4 Å². The number of ether oxygens (including phenoxy) is 2. The number of hydrogen-bond acceptors (Lipinski definition) is 4. The summed E-state index contributed by atoms with van der Waals surface area (Å²) in [5.41, 5.74) is -1.32. The molecule has 128 valence electrons. The predicted molar refractivity (Wildman–Crippen MR) is 82.8 cm³/mol. The molecule has 0 aliphatic rings. The van der Waals surface area contributed by atoms with Crippen LogP contribution in [0.3, 0.4) is 0 Å². The molecule has 0 unspecified atom stereocenters. The lowest BCUT2D eigenvalue weighted by atomic mass is 10.1. The van der Waals surface area contributed by atoms with E-state index in [4.69, 9.17) is 4.74 Å². The summed E-state index contributed by atoms with van der Waals surface area (Å²) in [6, 6.07) is 4.53. The van der Waals surface area contributed by atoms with E-state index in [1.807, 2.05) is 0 Å². The van der Waals surface area contributed by atoms with Crippen LogP contribution in [0.1, 0.15) is 31.1 Å². The second kappa shape index (κ2) is 6.43. The molecule has 2 aromatic rings. The number of hydrogen-bond donors (Lipinski definition) is 0. The van der Waals surface area contributed by atoms with Crippen LogP contribution in [0.2, 0.25) is 0 Å². The molecule has 5 nitrogen and oxygen atoms in total. The third-order valence-electron chi connectivity index (χ3n) is 3.08. The lowest BCUT2D eigenvalue weighted by Crippen LogP contribution is -2.27. The number of methoxy groups -OCH3 is 1. The Morgan fingerprint density at radius 1 is 1.12 bits per heavy atom. The molecule has 1 aromatic carbocycles. The average molecular weight is 337 g/mol. The number of esters is 1. The van der Waals surface area contributed by atoms with Crippen LogP contribution in [-0.2, 0) is 9.47 Å². The van der Waals surface area contributed by atoms with E-state index in [1.54, 1.807) is 20.8 Å². The number of benzene rings is 1. The summed E-state index contributed by atoms with van der Waals surface area (Å²) >= 11 is 0. The highest BCUT2D eigenvalue weighted by atomic mass is 19.1. The molecule has 1 aromatic heterocycles. The molecule has 7 heteroatoms. The molecule has 0 radical (unpaired) electrons. The Morgan fingerprint density at radius 3 is 2.38 bits per heavy atom. The molecule has 24 heavy (non-hydrogen) atoms. The summed E-state index contributed by atoms with van der Waals surface area (Å²) in [5, 5.41) is 0. The summed E-state index contributed by atoms with van der Waals surface area (Å²) in [7, 11) is 1.07. The standard InChI is InChI=1S/C17H17F2NO4/c1-17(2,3)24-16(22)20-7-5-6-14(20)10-8-13(19)11(9-12(10)18)15(21)23-4/h5-9H,1-4H3. The van der Waals surface area contributed by atoms with E-state index in [2.05, 4.69) is 4.74 Å². The van der Waals surface area contributed by atoms with Crippen molar-refractivity contribution in [3.8, 4) is 11.3 Å². The summed E-state index contributed by atoms with van der Waals surface area (Å²) in [6.45, 7) is 5.08. The first-order valence-electron chi connectivity index (χ1n) is 7.12. The van der Waals surface area contributed by atoms with E-state index in [0.29, 0.717) is 0 Å². The van der Waals surface area contributed by atoms with Gasteiger partial charge in [-0.1, -0.05) is 0 Å². The van der Waals surface area contributed by atoms with Crippen molar-refractivity contribution < 1.29 is 27.8 Å². The first-order valence-corrected chi connectivity index (χ1v) is 7.12. The molecule has 0 saturated carbocycles. The van der Waals surface area contributed by atoms with Crippen molar-refractivity contribution in [2.24, 2.45) is 0 Å². The Hall–Kier alpha value is -2.70. The molecule has 0 fully saturated rings. The van der Waals surface area contributed by atoms with E-state index >= 15 is 0 Å². The quantitative estimate of drug-likeness (QED) is 0.777. The Balaban J connectivity index is 2.48. The molecule has 0 spiro atoms. The van der Waals surface area contributed by atoms with Gasteiger partial charge in [0.1, 0.15) is 17.2 Å². The number of carbonyl (C=O) groups is 2. The molecule has 0 N–H and O–H groups in total. The Labute approximate surface area is 137 Å². The van der Waals surface area contributed by atoms with Crippen LogP contribution in [-0.4, -0.2) is 29.3 Å². The van der Waals surface area contributed by atoms with Crippen LogP contribution in [0.5, 0.6) is 0 Å². The van der Waals surface area contributed by atoms with Crippen LogP contribution in [0.25, 0.3) is 11.3 Å². The fourth-order valence-electron chi connectivity index (χ4n) is 2.08. The van der Waals surface area contributed by atoms with Gasteiger partial charge < -0.3 is 9.47 Å². The summed E-state index contributed by atoms with van der Waals surface area (Å²) < 4.78 is 39.1. The van der Waals surface area contributed by atoms with E-state index in [1.165, 1.54) is 18.3 Å². The van der Waals surface area contributed by atoms with Gasteiger partial charge in [0.25, 0.3) is 0 Å². The maximum atomic E-state index is 14.3. The maximum Gasteiger partial charge on any atom is 0.418 e. The predicted octanol–water partition coefficient (Wildman–Crippen LogP) is 4.00. The second-order valence-corrected chi connectivity index (χ2v) is 6.05. The molecular formula is C17H17F2NO4. The minimum atomic E-state index is -0.986. The molecule has 0 saturated heterocycles. The average Bonchev–Trinajstić information content (AvgIpc) is 2.96. The van der Waals surface area contributed by atoms with E-state index in [-0.39, 0.29) is 11.3 Å². The number of halogens is 2. The molecule has 1 heterocycles. The van der Waals surface area contributed by atoms with Crippen LogP contribution >= 0.6 is 0 Å². The first kappa shape index (κ1) is 17.7. The molecule has 2 rings (SSSR count). The number of carbonyl (C=O) groups excluding carboxylic acids is 2. The summed E-state index contributed by atoms with van der Waals surface area (Å²) in [5.74, 6) is -2.80. The van der Waals surface area contributed by atoms with Gasteiger partial charge in [0.15, 0.2) is 0 Å². The maximum absolute atomic E-state index is 14.3. The number of aromatic nitrogens is 1. The van der Waals surface area contributed by atoms with Gasteiger partial charge in [-0.3, -0.25) is 4.57 Å². The molecular weight excluding hydrogens is 320 g/mol. The zero-order chi connectivity index (χ0) is 18.1. The molecule has 0 atom stereocenters. The van der Waals surface area contributed by atoms with Gasteiger partial charge in [-0.25, -0.2) is 18.4 Å². The van der Waals surface area contributed by atoms with Crippen molar-refractivity contribution in [1.29, 1.82) is 0 Å². The van der Waals surface area contributed by atoms with E-state index in [0.717, 1.165) is 23.8 Å². The Morgan fingerprint density at radius 2 is 1.79 bits per heavy atom. The van der Waals surface area contributed by atoms with Crippen molar-refractivity contribution in [3.63, 3.8) is 0 Å². The van der Waals surface area contributed by atoms with Gasteiger partial charge in [-0.2, -0.15) is 0 Å². The minimum absolute atomic E-state index is 0.108. The molecule has 0 aliphatic carbocycles. The zero-order valence-electron chi connectivity index (χ0n) is 13.7. The van der Waals surface area contributed by atoms with Crippen molar-refractivity contribution in [2.75, 3.05) is 7.11 Å². The van der Waals surface area contributed by atoms with Gasteiger partial charge in [0.2, 0.25) is 0 Å². The van der Waals surface area contributed by atoms with Gasteiger partial charge in [-0.15, -0.1) is 0 Å². The van der Waals surface area contributed by atoms with Crippen LogP contribution in [0, 0.1) is 11.6 Å². The monoisotopic (exact) mass is 337 g/mol. The van der Waals surface area contributed by atoms with E-state index in [9.17, 15) is 18.4 Å². The van der Waals surface area contributed by atoms with Gasteiger partial charge >= 0.3 is 12.1 Å². The lowest BCUT2D eigenvalue weighted by molar-refractivity contribution is 0.0538. The Kier molecular flexibility index (Phi) is 4.73. The van der Waals surface area contributed by atoms with Crippen molar-refractivity contribution in [3.05, 3.63) is 47.7 Å². The second-order valence-electron chi connectivity index (χ2n) is 6.05. The summed E-state index contributed by atoms with van der Waals surface area (Å²) in [6.07, 6.45) is 0.661. The fourth-order valence-corrected chi connectivity index (χ4v) is 2.08. The van der Waals surface area contributed by atoms with Crippen LogP contribution in [0.4, 0.5) is 13.6 Å². The Bertz CT molecular complexity index is 790. The van der Waals surface area contributed by atoms with Crippen LogP contribution in [0.15, 0.2) is 30.5 Å². The highest BCUT2D eigenvalue weighted by Gasteiger charge is 2.23. The molecule has 0 bridgehead atoms. The normalized spacial score (nSPS) is 11.2. The van der Waals surface area contributed by atoms with Gasteiger partial charge in [-0.05, 0) is 45.0 Å². The zero-order valence-corrected chi connectivity index (χ0v) is 13.7. The number of nitrogens with zero attached hydrogens (tertiary/aromatic N) is 1. The van der Waals surface area contributed by atoms with Gasteiger partial charge in [0.05, 0.1) is 18.4 Å². The number of rotatable bonds is 2. The third-order valence-corrected chi connectivity index (χ3v) is 3.08. The van der Waals surface area contributed by atoms with Crippen LogP contribution < -0.4 is 0 Å². The highest BCUT2D eigenvalue weighted by molar-refractivity contribution is 5.90. The topological polar surface area (TPSA) is 57.5 Å². The van der Waals surface area contributed by atoms with E-state index < -0.39 is 34.9 Å².